The molecule has 0 atom stereocenters. The van der Waals surface area contributed by atoms with Crippen molar-refractivity contribution >= 4 is 5.84 Å². The number of nitrogens with one attached hydrogen (secondary N) is 1. The van der Waals surface area contributed by atoms with Crippen molar-refractivity contribution in [3.63, 3.8) is 0 Å². The molecule has 1 aromatic carbocycles. The zero-order chi connectivity index (χ0) is 9.97. The monoisotopic (exact) mass is 192 g/mol. The van der Waals surface area contributed by atoms with E-state index in [-0.39, 0.29) is 5.82 Å². The predicted molar refractivity (Wildman–Crippen MR) is 55.2 cm³/mol. The number of aryl methyl sites for hydroxylation is 1. The minimum Gasteiger partial charge on any atom is -0.370 e. The first-order valence-electron chi connectivity index (χ1n) is 4.81. The average Bonchev–Trinajstić information content (AvgIpc) is 2.18. The van der Waals surface area contributed by atoms with Crippen molar-refractivity contribution in [2.24, 2.45) is 4.99 Å². The fourth-order valence-electron chi connectivity index (χ4n) is 1.60. The van der Waals surface area contributed by atoms with Crippen LogP contribution in [0.15, 0.2) is 23.2 Å². The Morgan fingerprint density at radius 3 is 2.86 bits per heavy atom. The van der Waals surface area contributed by atoms with Crippen molar-refractivity contribution in [2.75, 3.05) is 13.1 Å². The Kier molecular flexibility index (Phi) is 2.48. The summed E-state index contributed by atoms with van der Waals surface area (Å²) in [7, 11) is 0. The molecular formula is C11H13FN2. The number of amidine groups is 1. The number of benzene rings is 1. The highest BCUT2D eigenvalue weighted by Crippen LogP contribution is 2.10. The van der Waals surface area contributed by atoms with Gasteiger partial charge in [-0.1, -0.05) is 0 Å². The zero-order valence-electron chi connectivity index (χ0n) is 8.18. The molecule has 0 unspecified atom stereocenters. The molecule has 0 aliphatic carbocycles. The maximum absolute atomic E-state index is 13.1. The highest BCUT2D eigenvalue weighted by Gasteiger charge is 2.08. The molecule has 0 saturated carbocycles. The lowest BCUT2D eigenvalue weighted by molar-refractivity contribution is 0.626. The van der Waals surface area contributed by atoms with Gasteiger partial charge in [0, 0.05) is 18.7 Å². The molecule has 0 aromatic heterocycles. The molecule has 0 amide bonds. The van der Waals surface area contributed by atoms with E-state index in [4.69, 9.17) is 0 Å². The fraction of sp³-hybridized carbons (Fsp3) is 0.364. The lowest BCUT2D eigenvalue weighted by Gasteiger charge is -2.14. The second-order valence-corrected chi connectivity index (χ2v) is 3.53. The van der Waals surface area contributed by atoms with Gasteiger partial charge in [-0.05, 0) is 37.1 Å². The number of hydrogen-bond acceptors (Lipinski definition) is 2. The van der Waals surface area contributed by atoms with Gasteiger partial charge in [0.05, 0.1) is 0 Å². The Hall–Kier alpha value is -1.38. The summed E-state index contributed by atoms with van der Waals surface area (Å²) in [5, 5.41) is 3.17. The van der Waals surface area contributed by atoms with Gasteiger partial charge in [-0.2, -0.15) is 0 Å². The molecule has 1 aliphatic rings. The summed E-state index contributed by atoms with van der Waals surface area (Å²) in [6, 6.07) is 4.98. The third kappa shape index (κ3) is 1.92. The van der Waals surface area contributed by atoms with Gasteiger partial charge in [0.1, 0.15) is 11.7 Å². The molecule has 2 nitrogen and oxygen atoms in total. The summed E-state index contributed by atoms with van der Waals surface area (Å²) in [5.41, 5.74) is 1.78. The molecule has 1 heterocycles. The Morgan fingerprint density at radius 2 is 2.21 bits per heavy atom. The molecule has 1 aliphatic heterocycles. The number of aliphatic imine (C=N–C) groups is 1. The van der Waals surface area contributed by atoms with Crippen LogP contribution in [0.2, 0.25) is 0 Å². The van der Waals surface area contributed by atoms with Crippen molar-refractivity contribution in [3.8, 4) is 0 Å². The minimum atomic E-state index is -0.199. The summed E-state index contributed by atoms with van der Waals surface area (Å²) in [4.78, 5) is 4.32. The molecule has 14 heavy (non-hydrogen) atoms. The van der Waals surface area contributed by atoms with Crippen LogP contribution < -0.4 is 5.32 Å². The molecule has 1 aromatic rings. The fourth-order valence-corrected chi connectivity index (χ4v) is 1.60. The van der Waals surface area contributed by atoms with Crippen LogP contribution in [0.1, 0.15) is 17.5 Å². The van der Waals surface area contributed by atoms with Crippen LogP contribution in [0.5, 0.6) is 0 Å². The average molecular weight is 192 g/mol. The summed E-state index contributed by atoms with van der Waals surface area (Å²) >= 11 is 0. The molecule has 0 fully saturated rings. The summed E-state index contributed by atoms with van der Waals surface area (Å²) < 4.78 is 13.1. The first kappa shape index (κ1) is 9.19. The van der Waals surface area contributed by atoms with Gasteiger partial charge < -0.3 is 5.32 Å². The van der Waals surface area contributed by atoms with E-state index in [1.54, 1.807) is 0 Å². The Balaban J connectivity index is 2.35. The maximum Gasteiger partial charge on any atom is 0.128 e. The Morgan fingerprint density at radius 1 is 1.36 bits per heavy atom. The Labute approximate surface area is 82.9 Å². The van der Waals surface area contributed by atoms with Crippen LogP contribution in [0, 0.1) is 12.7 Å². The van der Waals surface area contributed by atoms with Crippen molar-refractivity contribution < 1.29 is 4.39 Å². The molecule has 0 radical (unpaired) electrons. The van der Waals surface area contributed by atoms with E-state index in [9.17, 15) is 4.39 Å². The number of hydrogen-bond donors (Lipinski definition) is 1. The van der Waals surface area contributed by atoms with E-state index in [2.05, 4.69) is 10.3 Å². The summed E-state index contributed by atoms with van der Waals surface area (Å²) in [6.45, 7) is 3.64. The van der Waals surface area contributed by atoms with Gasteiger partial charge in [-0.3, -0.25) is 4.99 Å². The number of rotatable bonds is 1. The quantitative estimate of drug-likeness (QED) is 0.721. The molecule has 0 saturated heterocycles. The van der Waals surface area contributed by atoms with E-state index in [1.165, 1.54) is 12.1 Å². The molecule has 1 N–H and O–H groups in total. The van der Waals surface area contributed by atoms with Gasteiger partial charge in [-0.25, -0.2) is 4.39 Å². The van der Waals surface area contributed by atoms with Crippen LogP contribution >= 0.6 is 0 Å². The van der Waals surface area contributed by atoms with Crippen molar-refractivity contribution in [2.45, 2.75) is 13.3 Å². The maximum atomic E-state index is 13.1. The van der Waals surface area contributed by atoms with Gasteiger partial charge in [0.25, 0.3) is 0 Å². The van der Waals surface area contributed by atoms with Gasteiger partial charge in [0.15, 0.2) is 0 Å². The Bertz CT molecular complexity index is 351. The number of nitrogens with zero attached hydrogens (tertiary/aromatic N) is 1. The first-order valence-corrected chi connectivity index (χ1v) is 4.81. The van der Waals surface area contributed by atoms with E-state index in [1.807, 2.05) is 13.0 Å². The number of halogens is 1. The first-order chi connectivity index (χ1) is 6.75. The summed E-state index contributed by atoms with van der Waals surface area (Å²) in [6.07, 6.45) is 1.05. The van der Waals surface area contributed by atoms with Crippen LogP contribution in [0.3, 0.4) is 0 Å². The minimum absolute atomic E-state index is 0.199. The van der Waals surface area contributed by atoms with Crippen LogP contribution in [-0.2, 0) is 0 Å². The SMILES string of the molecule is Cc1cc(F)cc(C2=NCCCN2)c1. The standard InChI is InChI=1S/C11H13FN2/c1-8-5-9(7-10(12)6-8)11-13-3-2-4-14-11/h5-7H,2-4H2,1H3,(H,13,14). The van der Waals surface area contributed by atoms with Crippen molar-refractivity contribution in [3.05, 3.63) is 35.1 Å². The van der Waals surface area contributed by atoms with Crippen LogP contribution in [0.4, 0.5) is 4.39 Å². The normalized spacial score (nSPS) is 16.0. The van der Waals surface area contributed by atoms with Gasteiger partial charge in [0.2, 0.25) is 0 Å². The van der Waals surface area contributed by atoms with Gasteiger partial charge in [-0.15, -0.1) is 0 Å². The second-order valence-electron chi connectivity index (χ2n) is 3.53. The smallest absolute Gasteiger partial charge is 0.128 e. The van der Waals surface area contributed by atoms with Crippen molar-refractivity contribution in [1.29, 1.82) is 0 Å². The van der Waals surface area contributed by atoms with Crippen LogP contribution in [-0.4, -0.2) is 18.9 Å². The largest absolute Gasteiger partial charge is 0.370 e. The molecule has 2 rings (SSSR count). The molecular weight excluding hydrogens is 179 g/mol. The molecule has 3 heteroatoms. The lowest BCUT2D eigenvalue weighted by Crippen LogP contribution is -2.30. The predicted octanol–water partition coefficient (Wildman–Crippen LogP) is 1.87. The molecule has 0 spiro atoms. The van der Waals surface area contributed by atoms with E-state index >= 15 is 0 Å². The lowest BCUT2D eigenvalue weighted by atomic mass is 10.1. The molecule has 74 valence electrons. The van der Waals surface area contributed by atoms with Gasteiger partial charge >= 0.3 is 0 Å². The summed E-state index contributed by atoms with van der Waals surface area (Å²) in [5.74, 6) is 0.619. The van der Waals surface area contributed by atoms with Crippen LogP contribution in [0.25, 0.3) is 0 Å². The van der Waals surface area contributed by atoms with E-state index < -0.39 is 0 Å². The highest BCUT2D eigenvalue weighted by molar-refractivity contribution is 5.99. The third-order valence-corrected chi connectivity index (χ3v) is 2.21. The molecule has 0 bridgehead atoms. The topological polar surface area (TPSA) is 24.4 Å². The highest BCUT2D eigenvalue weighted by atomic mass is 19.1. The van der Waals surface area contributed by atoms with Crippen molar-refractivity contribution in [1.82, 2.24) is 5.32 Å². The zero-order valence-corrected chi connectivity index (χ0v) is 8.18. The van der Waals surface area contributed by atoms with E-state index in [0.29, 0.717) is 0 Å². The third-order valence-electron chi connectivity index (χ3n) is 2.21. The van der Waals surface area contributed by atoms with E-state index in [0.717, 1.165) is 36.5 Å². The second kappa shape index (κ2) is 3.78.